The van der Waals surface area contributed by atoms with Crippen LogP contribution in [0.5, 0.6) is 5.88 Å². The second-order valence-corrected chi connectivity index (χ2v) is 6.02. The number of halogens is 1. The van der Waals surface area contributed by atoms with Gasteiger partial charge in [-0.05, 0) is 35.9 Å². The van der Waals surface area contributed by atoms with Crippen molar-refractivity contribution in [2.45, 2.75) is 0 Å². The van der Waals surface area contributed by atoms with E-state index in [1.165, 1.54) is 31.5 Å². The predicted octanol–water partition coefficient (Wildman–Crippen LogP) is 3.67. The van der Waals surface area contributed by atoms with E-state index in [0.717, 1.165) is 5.56 Å². The highest BCUT2D eigenvalue weighted by Gasteiger charge is 2.15. The molecule has 0 bridgehead atoms. The van der Waals surface area contributed by atoms with Crippen molar-refractivity contribution in [2.24, 2.45) is 0 Å². The largest absolute Gasteiger partial charge is 0.481 e. The van der Waals surface area contributed by atoms with Gasteiger partial charge in [0, 0.05) is 35.7 Å². The molecule has 0 aliphatic heterocycles. The van der Waals surface area contributed by atoms with Crippen molar-refractivity contribution in [1.82, 2.24) is 15.0 Å². The number of nitrogens with one attached hydrogen (secondary N) is 1. The number of hydrogen-bond acceptors (Lipinski definition) is 5. The van der Waals surface area contributed by atoms with Gasteiger partial charge in [-0.25, -0.2) is 14.4 Å². The number of aromatic nitrogens is 3. The minimum atomic E-state index is -0.604. The van der Waals surface area contributed by atoms with Gasteiger partial charge in [-0.1, -0.05) is 0 Å². The molecular weight excluding hydrogens is 359 g/mol. The zero-order valence-electron chi connectivity index (χ0n) is 14.7. The van der Waals surface area contributed by atoms with Crippen molar-refractivity contribution in [2.75, 3.05) is 7.11 Å². The van der Waals surface area contributed by atoms with E-state index in [1.807, 2.05) is 6.07 Å². The van der Waals surface area contributed by atoms with Crippen LogP contribution in [0, 0.1) is 17.1 Å². The summed E-state index contributed by atoms with van der Waals surface area (Å²) in [6.07, 6.45) is 3.10. The van der Waals surface area contributed by atoms with Gasteiger partial charge in [0.15, 0.2) is 5.43 Å². The fourth-order valence-electron chi connectivity index (χ4n) is 2.98. The number of hydrogen-bond donors (Lipinski definition) is 1. The molecule has 0 aliphatic rings. The summed E-state index contributed by atoms with van der Waals surface area (Å²) in [5.74, 6) is -0.199. The molecule has 0 amide bonds. The van der Waals surface area contributed by atoms with Gasteiger partial charge in [-0.3, -0.25) is 4.79 Å². The van der Waals surface area contributed by atoms with E-state index >= 15 is 0 Å². The Balaban J connectivity index is 2.06. The number of methoxy groups -OCH3 is 1. The van der Waals surface area contributed by atoms with Crippen LogP contribution in [0.1, 0.15) is 5.56 Å². The van der Waals surface area contributed by atoms with Gasteiger partial charge in [-0.2, -0.15) is 5.26 Å². The van der Waals surface area contributed by atoms with E-state index in [4.69, 9.17) is 10.00 Å². The lowest BCUT2D eigenvalue weighted by Gasteiger charge is -2.12. The molecule has 4 rings (SSSR count). The van der Waals surface area contributed by atoms with Crippen molar-refractivity contribution < 1.29 is 9.13 Å². The molecule has 0 radical (unpaired) electrons. The van der Waals surface area contributed by atoms with Crippen molar-refractivity contribution in [3.63, 3.8) is 0 Å². The second kappa shape index (κ2) is 6.93. The molecule has 0 aliphatic carbocycles. The monoisotopic (exact) mass is 372 g/mol. The Hall–Kier alpha value is -4.05. The Morgan fingerprint density at radius 3 is 2.79 bits per heavy atom. The maximum atomic E-state index is 13.8. The van der Waals surface area contributed by atoms with Crippen LogP contribution in [0.15, 0.2) is 59.7 Å². The number of rotatable bonds is 3. The number of aromatic amines is 1. The summed E-state index contributed by atoms with van der Waals surface area (Å²) in [5.41, 5.74) is 2.55. The molecule has 0 saturated heterocycles. The van der Waals surface area contributed by atoms with E-state index in [0.29, 0.717) is 33.7 Å². The van der Waals surface area contributed by atoms with Crippen molar-refractivity contribution in [3.05, 3.63) is 76.5 Å². The van der Waals surface area contributed by atoms with Gasteiger partial charge in [-0.15, -0.1) is 0 Å². The third kappa shape index (κ3) is 2.97. The summed E-state index contributed by atoms with van der Waals surface area (Å²) < 4.78 is 19.0. The third-order valence-corrected chi connectivity index (χ3v) is 4.36. The van der Waals surface area contributed by atoms with Crippen molar-refractivity contribution in [3.8, 4) is 34.3 Å². The summed E-state index contributed by atoms with van der Waals surface area (Å²) in [5, 5.41) is 9.59. The number of H-pyrrole nitrogens is 1. The number of fused-ring (bicyclic) bond motifs is 1. The van der Waals surface area contributed by atoms with E-state index in [2.05, 4.69) is 15.0 Å². The quantitative estimate of drug-likeness (QED) is 0.592. The number of nitriles is 1. The third-order valence-electron chi connectivity index (χ3n) is 4.36. The van der Waals surface area contributed by atoms with Crippen molar-refractivity contribution in [1.29, 1.82) is 5.26 Å². The molecule has 3 aromatic heterocycles. The summed E-state index contributed by atoms with van der Waals surface area (Å²) in [6.45, 7) is 0. The van der Waals surface area contributed by atoms with Gasteiger partial charge in [0.05, 0.1) is 23.8 Å². The minimum Gasteiger partial charge on any atom is -0.481 e. The molecule has 1 N–H and O–H groups in total. The van der Waals surface area contributed by atoms with E-state index < -0.39 is 5.82 Å². The number of pyridine rings is 3. The average Bonchev–Trinajstić information content (AvgIpc) is 2.73. The molecule has 0 unspecified atom stereocenters. The molecule has 6 nitrogen and oxygen atoms in total. The smallest absolute Gasteiger partial charge is 0.213 e. The molecule has 4 aromatic rings. The lowest BCUT2D eigenvalue weighted by molar-refractivity contribution is 0.398. The van der Waals surface area contributed by atoms with E-state index in [9.17, 15) is 9.18 Å². The summed E-state index contributed by atoms with van der Waals surface area (Å²) in [4.78, 5) is 23.9. The zero-order chi connectivity index (χ0) is 19.7. The van der Waals surface area contributed by atoms with Gasteiger partial charge >= 0.3 is 0 Å². The Morgan fingerprint density at radius 1 is 1.14 bits per heavy atom. The Kier molecular flexibility index (Phi) is 4.30. The topological polar surface area (TPSA) is 91.7 Å². The highest BCUT2D eigenvalue weighted by molar-refractivity contribution is 5.90. The summed E-state index contributed by atoms with van der Waals surface area (Å²) in [6, 6.07) is 12.7. The fraction of sp³-hybridized carbons (Fsp3) is 0.0476. The SMILES string of the molecule is COc1cc(-c2cc3c(=O)cc[nH]c3nc2-c2ccc(F)c(C#N)c2)ccn1. The molecule has 0 fully saturated rings. The summed E-state index contributed by atoms with van der Waals surface area (Å²) >= 11 is 0. The first-order chi connectivity index (χ1) is 13.6. The molecule has 1 aromatic carbocycles. The van der Waals surface area contributed by atoms with Crippen LogP contribution in [-0.4, -0.2) is 22.1 Å². The Morgan fingerprint density at radius 2 is 2.00 bits per heavy atom. The standard InChI is InChI=1S/C21H13FN4O2/c1-28-19-9-12(4-6-24-19)15-10-16-18(27)5-7-25-21(16)26-20(15)13-2-3-17(22)14(8-13)11-23/h2-10H,1H3,(H,25,26,27). The van der Waals surface area contributed by atoms with Crippen LogP contribution < -0.4 is 10.2 Å². The normalized spacial score (nSPS) is 10.6. The summed E-state index contributed by atoms with van der Waals surface area (Å²) in [7, 11) is 1.51. The van der Waals surface area contributed by atoms with E-state index in [-0.39, 0.29) is 11.0 Å². The van der Waals surface area contributed by atoms with Crippen LogP contribution in [0.25, 0.3) is 33.4 Å². The highest BCUT2D eigenvalue weighted by atomic mass is 19.1. The number of benzene rings is 1. The Bertz CT molecular complexity index is 1310. The lowest BCUT2D eigenvalue weighted by Crippen LogP contribution is -2.03. The Labute approximate surface area is 158 Å². The average molecular weight is 372 g/mol. The molecule has 28 heavy (non-hydrogen) atoms. The van der Waals surface area contributed by atoms with Crippen LogP contribution in [-0.2, 0) is 0 Å². The van der Waals surface area contributed by atoms with Crippen molar-refractivity contribution >= 4 is 11.0 Å². The zero-order valence-corrected chi connectivity index (χ0v) is 14.7. The van der Waals surface area contributed by atoms with Gasteiger partial charge in [0.2, 0.25) is 5.88 Å². The molecular formula is C21H13FN4O2. The first kappa shape index (κ1) is 17.4. The lowest BCUT2D eigenvalue weighted by atomic mass is 9.97. The molecule has 136 valence electrons. The predicted molar refractivity (Wildman–Crippen MR) is 102 cm³/mol. The van der Waals surface area contributed by atoms with Crippen LogP contribution in [0.4, 0.5) is 4.39 Å². The number of nitrogens with zero attached hydrogens (tertiary/aromatic N) is 3. The maximum Gasteiger partial charge on any atom is 0.213 e. The first-order valence-electron chi connectivity index (χ1n) is 8.33. The molecule has 7 heteroatoms. The molecule has 0 saturated carbocycles. The molecule has 0 atom stereocenters. The fourth-order valence-corrected chi connectivity index (χ4v) is 2.98. The number of ether oxygens (including phenoxy) is 1. The van der Waals surface area contributed by atoms with Crippen LogP contribution >= 0.6 is 0 Å². The second-order valence-electron chi connectivity index (χ2n) is 6.02. The first-order valence-corrected chi connectivity index (χ1v) is 8.33. The highest BCUT2D eigenvalue weighted by Crippen LogP contribution is 2.34. The maximum absolute atomic E-state index is 13.8. The van der Waals surface area contributed by atoms with E-state index in [1.54, 1.807) is 30.5 Å². The van der Waals surface area contributed by atoms with Gasteiger partial charge in [0.1, 0.15) is 17.5 Å². The minimum absolute atomic E-state index is 0.0841. The van der Waals surface area contributed by atoms with Gasteiger partial charge < -0.3 is 9.72 Å². The molecule has 0 spiro atoms. The van der Waals surface area contributed by atoms with Gasteiger partial charge in [0.25, 0.3) is 0 Å². The molecule has 3 heterocycles. The van der Waals surface area contributed by atoms with Crippen LogP contribution in [0.3, 0.4) is 0 Å². The van der Waals surface area contributed by atoms with Crippen LogP contribution in [0.2, 0.25) is 0 Å².